The summed E-state index contributed by atoms with van der Waals surface area (Å²) in [4.78, 5) is 47.9. The summed E-state index contributed by atoms with van der Waals surface area (Å²) in [6.45, 7) is 6.83. The molecule has 0 spiro atoms. The van der Waals surface area contributed by atoms with E-state index in [1.54, 1.807) is 0 Å². The first-order valence-corrected chi connectivity index (χ1v) is 15.7. The molecule has 2 heterocycles. The molecule has 0 N–H and O–H groups in total. The lowest BCUT2D eigenvalue weighted by Crippen LogP contribution is -2.48. The molecule has 0 bridgehead atoms. The molecule has 0 amide bonds. The Labute approximate surface area is 271 Å². The molecular formula is C31H52O15. The van der Waals surface area contributed by atoms with Crippen LogP contribution in [0.25, 0.3) is 0 Å². The van der Waals surface area contributed by atoms with Crippen molar-refractivity contribution in [3.05, 3.63) is 0 Å². The van der Waals surface area contributed by atoms with Crippen LogP contribution in [0.3, 0.4) is 0 Å². The molecule has 2 aliphatic rings. The molecule has 2 saturated heterocycles. The molecule has 46 heavy (non-hydrogen) atoms. The van der Waals surface area contributed by atoms with Gasteiger partial charge in [0.15, 0.2) is 30.9 Å². The van der Waals surface area contributed by atoms with Crippen LogP contribution in [-0.2, 0) is 71.3 Å². The van der Waals surface area contributed by atoms with E-state index in [2.05, 4.69) is 6.92 Å². The van der Waals surface area contributed by atoms with Gasteiger partial charge in [-0.3, -0.25) is 19.2 Å². The first kappa shape index (κ1) is 39.8. The van der Waals surface area contributed by atoms with Gasteiger partial charge in [-0.15, -0.1) is 0 Å². The van der Waals surface area contributed by atoms with Crippen LogP contribution in [-0.4, -0.2) is 126 Å². The molecule has 0 aromatic carbocycles. The number of hydrogen-bond donors (Lipinski definition) is 0. The second-order valence-corrected chi connectivity index (χ2v) is 11.2. The second-order valence-electron chi connectivity index (χ2n) is 11.2. The molecule has 2 aliphatic heterocycles. The number of carbonyl (C=O) groups is 4. The van der Waals surface area contributed by atoms with Crippen molar-refractivity contribution in [2.75, 3.05) is 41.2 Å². The summed E-state index contributed by atoms with van der Waals surface area (Å²) in [5.41, 5.74) is 0. The minimum Gasteiger partial charge on any atom is -0.462 e. The van der Waals surface area contributed by atoms with E-state index in [-0.39, 0.29) is 6.61 Å². The van der Waals surface area contributed by atoms with E-state index in [9.17, 15) is 19.2 Å². The third-order valence-electron chi connectivity index (χ3n) is 7.48. The lowest BCUT2D eigenvalue weighted by molar-refractivity contribution is -0.249. The maximum atomic E-state index is 12.2. The molecule has 2 rings (SSSR count). The molecule has 4 unspecified atom stereocenters. The van der Waals surface area contributed by atoms with Crippen molar-refractivity contribution < 1.29 is 71.3 Å². The molecular weight excluding hydrogens is 612 g/mol. The van der Waals surface area contributed by atoms with E-state index in [4.69, 9.17) is 52.1 Å². The smallest absolute Gasteiger partial charge is 0.303 e. The Bertz CT molecular complexity index is 945. The largest absolute Gasteiger partial charge is 0.462 e. The van der Waals surface area contributed by atoms with Crippen LogP contribution >= 0.6 is 0 Å². The van der Waals surface area contributed by atoms with Gasteiger partial charge in [0.05, 0.1) is 6.61 Å². The normalized spacial score (nSPS) is 28.8. The molecule has 0 saturated carbocycles. The van der Waals surface area contributed by atoms with Crippen LogP contribution in [0.5, 0.6) is 0 Å². The van der Waals surface area contributed by atoms with E-state index in [0.717, 1.165) is 33.1 Å². The molecule has 15 nitrogen and oxygen atoms in total. The van der Waals surface area contributed by atoms with Crippen LogP contribution in [0, 0.1) is 0 Å². The van der Waals surface area contributed by atoms with Crippen LogP contribution in [0.2, 0.25) is 0 Å². The summed E-state index contributed by atoms with van der Waals surface area (Å²) in [5.74, 6) is -2.81. The Morgan fingerprint density at radius 3 is 1.78 bits per heavy atom. The molecule has 266 valence electrons. The Kier molecular flexibility index (Phi) is 17.9. The zero-order valence-corrected chi connectivity index (χ0v) is 28.3. The summed E-state index contributed by atoms with van der Waals surface area (Å²) < 4.78 is 63.3. The van der Waals surface area contributed by atoms with E-state index >= 15 is 0 Å². The van der Waals surface area contributed by atoms with Gasteiger partial charge >= 0.3 is 23.9 Å². The van der Waals surface area contributed by atoms with Crippen molar-refractivity contribution >= 4 is 23.9 Å². The van der Waals surface area contributed by atoms with Gasteiger partial charge in [0.2, 0.25) is 0 Å². The highest BCUT2D eigenvalue weighted by atomic mass is 16.8. The maximum absolute atomic E-state index is 12.2. The summed E-state index contributed by atoms with van der Waals surface area (Å²) in [6, 6.07) is 0. The van der Waals surface area contributed by atoms with Crippen molar-refractivity contribution in [2.45, 2.75) is 135 Å². The number of methoxy groups -OCH3 is 3. The zero-order chi connectivity index (χ0) is 34.2. The summed E-state index contributed by atoms with van der Waals surface area (Å²) in [5, 5.41) is 0. The van der Waals surface area contributed by atoms with Gasteiger partial charge in [-0.2, -0.15) is 0 Å². The second kappa shape index (κ2) is 20.8. The average Bonchev–Trinajstić information content (AvgIpc) is 3.50. The highest BCUT2D eigenvalue weighted by Gasteiger charge is 2.57. The lowest BCUT2D eigenvalue weighted by atomic mass is 10.0. The predicted octanol–water partition coefficient (Wildman–Crippen LogP) is 2.23. The van der Waals surface area contributed by atoms with Gasteiger partial charge in [-0.1, -0.05) is 39.0 Å². The van der Waals surface area contributed by atoms with Gasteiger partial charge in [0, 0.05) is 55.6 Å². The summed E-state index contributed by atoms with van der Waals surface area (Å²) in [7, 11) is 4.50. The third-order valence-corrected chi connectivity index (χ3v) is 7.48. The lowest BCUT2D eigenvalue weighted by Gasteiger charge is -2.31. The van der Waals surface area contributed by atoms with Crippen LogP contribution in [0.4, 0.5) is 0 Å². The van der Waals surface area contributed by atoms with Crippen molar-refractivity contribution in [3.63, 3.8) is 0 Å². The van der Waals surface area contributed by atoms with E-state index in [1.807, 2.05) is 0 Å². The number of esters is 4. The Morgan fingerprint density at radius 1 is 0.630 bits per heavy atom. The summed E-state index contributed by atoms with van der Waals surface area (Å²) in [6.07, 6.45) is -3.67. The fraction of sp³-hybridized carbons (Fsp3) is 0.871. The minimum absolute atomic E-state index is 0.0263. The monoisotopic (exact) mass is 664 g/mol. The van der Waals surface area contributed by atoms with Crippen LogP contribution in [0.1, 0.15) is 73.1 Å². The van der Waals surface area contributed by atoms with Gasteiger partial charge in [-0.25, -0.2) is 0 Å². The Morgan fingerprint density at radius 2 is 1.22 bits per heavy atom. The van der Waals surface area contributed by atoms with E-state index in [1.165, 1.54) is 54.4 Å². The van der Waals surface area contributed by atoms with E-state index in [0.29, 0.717) is 6.61 Å². The SMILES string of the molecule is CCCCCCCCO[C@@H]1OC(C(COC)O[C@@H]2OC(C(COC(C)=O)OC(C)=O)[C@H](OC(C)=O)[C@H]2OC(C)=O)[C@H](OC)[C@H]1OC. The highest BCUT2D eigenvalue weighted by molar-refractivity contribution is 5.68. The minimum atomic E-state index is -1.38. The topological polar surface area (TPSA) is 170 Å². The number of ether oxygens (including phenoxy) is 11. The van der Waals surface area contributed by atoms with E-state index < -0.39 is 91.9 Å². The fourth-order valence-corrected chi connectivity index (χ4v) is 5.54. The molecule has 0 aromatic heterocycles. The molecule has 10 atom stereocenters. The number of rotatable bonds is 21. The first-order chi connectivity index (χ1) is 22.0. The molecule has 2 fully saturated rings. The van der Waals surface area contributed by atoms with Gasteiger partial charge < -0.3 is 52.1 Å². The molecule has 0 aromatic rings. The van der Waals surface area contributed by atoms with Gasteiger partial charge in [0.1, 0.15) is 37.1 Å². The fourth-order valence-electron chi connectivity index (χ4n) is 5.54. The quantitative estimate of drug-likeness (QED) is 0.0994. The number of carbonyl (C=O) groups excluding carboxylic acids is 4. The average molecular weight is 665 g/mol. The highest BCUT2D eigenvalue weighted by Crippen LogP contribution is 2.35. The number of hydrogen-bond acceptors (Lipinski definition) is 15. The van der Waals surface area contributed by atoms with Crippen LogP contribution in [0.15, 0.2) is 0 Å². The summed E-state index contributed by atoms with van der Waals surface area (Å²) >= 11 is 0. The number of unbranched alkanes of at least 4 members (excludes halogenated alkanes) is 5. The van der Waals surface area contributed by atoms with Crippen LogP contribution < -0.4 is 0 Å². The zero-order valence-electron chi connectivity index (χ0n) is 28.3. The van der Waals surface area contributed by atoms with Crippen molar-refractivity contribution in [1.29, 1.82) is 0 Å². The standard InChI is InChI=1S/C31H52O15/c1-9-10-11-12-13-14-15-39-30-28(38-8)26(37-7)24(45-30)22(16-36-6)44-31-29(43-21(5)35)27(42-20(4)34)25(46-31)23(41-19(3)33)17-40-18(2)32/h22-31H,9-17H2,1-8H3/t22?,23?,24?,25?,26-,27-,28+,29+,30+,31+/m0/s1. The third kappa shape index (κ3) is 12.3. The van der Waals surface area contributed by atoms with Crippen molar-refractivity contribution in [3.8, 4) is 0 Å². The van der Waals surface area contributed by atoms with Crippen molar-refractivity contribution in [2.24, 2.45) is 0 Å². The maximum Gasteiger partial charge on any atom is 0.303 e. The Hall–Kier alpha value is -2.40. The first-order valence-electron chi connectivity index (χ1n) is 15.7. The van der Waals surface area contributed by atoms with Crippen molar-refractivity contribution in [1.82, 2.24) is 0 Å². The Balaban J connectivity index is 2.32. The molecule has 15 heteroatoms. The van der Waals surface area contributed by atoms with Gasteiger partial charge in [0.25, 0.3) is 0 Å². The molecule has 0 aliphatic carbocycles. The van der Waals surface area contributed by atoms with Gasteiger partial charge in [-0.05, 0) is 6.42 Å². The molecule has 0 radical (unpaired) electrons. The predicted molar refractivity (Wildman–Crippen MR) is 158 cm³/mol.